The van der Waals surface area contributed by atoms with Crippen LogP contribution in [0.4, 0.5) is 0 Å². The molecule has 0 radical (unpaired) electrons. The molecule has 0 saturated carbocycles. The van der Waals surface area contributed by atoms with E-state index in [0.717, 1.165) is 29.5 Å². The van der Waals surface area contributed by atoms with Gasteiger partial charge in [0.1, 0.15) is 17.4 Å². The van der Waals surface area contributed by atoms with Crippen molar-refractivity contribution < 1.29 is 9.53 Å². The Bertz CT molecular complexity index is 761. The molecule has 1 aromatic heterocycles. The number of aryl methyl sites for hydroxylation is 1. The summed E-state index contributed by atoms with van der Waals surface area (Å²) in [4.78, 5) is 21.5. The van der Waals surface area contributed by atoms with Crippen molar-refractivity contribution in [3.8, 4) is 5.75 Å². The van der Waals surface area contributed by atoms with E-state index in [1.54, 1.807) is 11.3 Å². The van der Waals surface area contributed by atoms with Crippen molar-refractivity contribution in [1.29, 1.82) is 0 Å². The van der Waals surface area contributed by atoms with E-state index in [1.807, 2.05) is 46.3 Å². The number of benzene rings is 1. The SMILES string of the molecule is CS[C@@H]1CN(C(=O)Cc2csc(COc3ccc(C)cc3)n2)C[C@@H]1N(C)C. The van der Waals surface area contributed by atoms with E-state index in [9.17, 15) is 4.79 Å². The zero-order chi connectivity index (χ0) is 19.4. The highest BCUT2D eigenvalue weighted by Gasteiger charge is 2.35. The van der Waals surface area contributed by atoms with Crippen LogP contribution in [0.3, 0.4) is 0 Å². The Morgan fingerprint density at radius 3 is 2.70 bits per heavy atom. The predicted octanol–water partition coefficient (Wildman–Crippen LogP) is 3.08. The Morgan fingerprint density at radius 2 is 2.07 bits per heavy atom. The Kier molecular flexibility index (Phi) is 6.78. The Balaban J connectivity index is 1.53. The van der Waals surface area contributed by atoms with E-state index in [2.05, 4.69) is 37.2 Å². The summed E-state index contributed by atoms with van der Waals surface area (Å²) in [6.45, 7) is 4.10. The fraction of sp³-hybridized carbons (Fsp3) is 0.500. The van der Waals surface area contributed by atoms with Crippen LogP contribution in [0.2, 0.25) is 0 Å². The van der Waals surface area contributed by atoms with Gasteiger partial charge in [-0.1, -0.05) is 17.7 Å². The number of thiazole rings is 1. The molecule has 1 fully saturated rings. The molecule has 2 aromatic rings. The molecule has 1 amide bonds. The normalized spacial score (nSPS) is 19.7. The molecule has 27 heavy (non-hydrogen) atoms. The quantitative estimate of drug-likeness (QED) is 0.708. The molecule has 146 valence electrons. The van der Waals surface area contributed by atoms with Crippen LogP contribution in [0.1, 0.15) is 16.3 Å². The molecule has 1 aliphatic rings. The number of hydrogen-bond acceptors (Lipinski definition) is 6. The molecule has 0 unspecified atom stereocenters. The monoisotopic (exact) mass is 405 g/mol. The maximum absolute atomic E-state index is 12.7. The van der Waals surface area contributed by atoms with E-state index >= 15 is 0 Å². The molecule has 1 aromatic carbocycles. The fourth-order valence-corrected chi connectivity index (χ4v) is 4.91. The maximum atomic E-state index is 12.7. The summed E-state index contributed by atoms with van der Waals surface area (Å²) in [6, 6.07) is 8.40. The van der Waals surface area contributed by atoms with Gasteiger partial charge in [-0.2, -0.15) is 11.8 Å². The molecule has 0 aliphatic carbocycles. The van der Waals surface area contributed by atoms with E-state index in [4.69, 9.17) is 4.74 Å². The summed E-state index contributed by atoms with van der Waals surface area (Å²) in [7, 11) is 4.17. The number of likely N-dealkylation sites (N-methyl/N-ethyl adjacent to an activating group) is 1. The van der Waals surface area contributed by atoms with Crippen molar-refractivity contribution >= 4 is 29.0 Å². The minimum Gasteiger partial charge on any atom is -0.486 e. The lowest BCUT2D eigenvalue weighted by Gasteiger charge is -2.23. The van der Waals surface area contributed by atoms with Crippen LogP contribution in [0.15, 0.2) is 29.6 Å². The Labute approximate surface area is 169 Å². The van der Waals surface area contributed by atoms with Crippen molar-refractivity contribution in [3.63, 3.8) is 0 Å². The largest absolute Gasteiger partial charge is 0.486 e. The highest BCUT2D eigenvalue weighted by atomic mass is 32.2. The van der Waals surface area contributed by atoms with E-state index in [-0.39, 0.29) is 5.91 Å². The second-order valence-corrected chi connectivity index (χ2v) is 9.13. The number of likely N-dealkylation sites (tertiary alicyclic amines) is 1. The molecule has 3 rings (SSSR count). The number of rotatable bonds is 7. The van der Waals surface area contributed by atoms with Crippen LogP contribution in [0.5, 0.6) is 5.75 Å². The first-order chi connectivity index (χ1) is 13.0. The van der Waals surface area contributed by atoms with Crippen LogP contribution < -0.4 is 4.74 Å². The van der Waals surface area contributed by atoms with Gasteiger partial charge < -0.3 is 14.5 Å². The zero-order valence-electron chi connectivity index (χ0n) is 16.3. The lowest BCUT2D eigenvalue weighted by atomic mass is 10.2. The summed E-state index contributed by atoms with van der Waals surface area (Å²) in [5, 5.41) is 3.34. The summed E-state index contributed by atoms with van der Waals surface area (Å²) in [5.41, 5.74) is 2.04. The number of hydrogen-bond donors (Lipinski definition) is 0. The Hall–Kier alpha value is -1.57. The van der Waals surface area contributed by atoms with Crippen LogP contribution in [-0.2, 0) is 17.8 Å². The first-order valence-electron chi connectivity index (χ1n) is 9.06. The van der Waals surface area contributed by atoms with Crippen LogP contribution in [-0.4, -0.2) is 65.4 Å². The van der Waals surface area contributed by atoms with Crippen molar-refractivity contribution in [2.24, 2.45) is 0 Å². The van der Waals surface area contributed by atoms with Gasteiger partial charge in [0.2, 0.25) is 5.91 Å². The standard InChI is InChI=1S/C20H27N3O2S2/c1-14-5-7-16(8-6-14)25-12-19-21-15(13-27-19)9-20(24)23-10-17(22(2)3)18(11-23)26-4/h5-8,13,17-18H,9-12H2,1-4H3/t17-,18+/m0/s1. The molecule has 0 spiro atoms. The second kappa shape index (κ2) is 9.08. The highest BCUT2D eigenvalue weighted by molar-refractivity contribution is 7.99. The van der Waals surface area contributed by atoms with Crippen molar-refractivity contribution in [1.82, 2.24) is 14.8 Å². The third-order valence-corrected chi connectivity index (χ3v) is 6.81. The number of aromatic nitrogens is 1. The van der Waals surface area contributed by atoms with Gasteiger partial charge in [0, 0.05) is 29.8 Å². The van der Waals surface area contributed by atoms with Gasteiger partial charge in [-0.25, -0.2) is 4.98 Å². The Morgan fingerprint density at radius 1 is 1.33 bits per heavy atom. The van der Waals surface area contributed by atoms with Gasteiger partial charge in [0.15, 0.2) is 0 Å². The summed E-state index contributed by atoms with van der Waals surface area (Å²) in [6.07, 6.45) is 2.48. The van der Waals surface area contributed by atoms with Gasteiger partial charge >= 0.3 is 0 Å². The first kappa shape index (κ1) is 20.2. The fourth-order valence-electron chi connectivity index (χ4n) is 3.23. The summed E-state index contributed by atoms with van der Waals surface area (Å²) < 4.78 is 5.78. The maximum Gasteiger partial charge on any atom is 0.228 e. The molecule has 2 heterocycles. The van der Waals surface area contributed by atoms with Crippen LogP contribution >= 0.6 is 23.1 Å². The minimum atomic E-state index is 0.162. The second-order valence-electron chi connectivity index (χ2n) is 7.11. The van der Waals surface area contributed by atoms with Gasteiger partial charge in [-0.15, -0.1) is 11.3 Å². The van der Waals surface area contributed by atoms with Crippen LogP contribution in [0.25, 0.3) is 0 Å². The third kappa shape index (κ3) is 5.24. The number of nitrogens with zero attached hydrogens (tertiary/aromatic N) is 3. The number of ether oxygens (including phenoxy) is 1. The average molecular weight is 406 g/mol. The number of amides is 1. The predicted molar refractivity (Wildman–Crippen MR) is 113 cm³/mol. The van der Waals surface area contributed by atoms with E-state index in [1.165, 1.54) is 5.56 Å². The molecular weight excluding hydrogens is 378 g/mol. The van der Waals surface area contributed by atoms with Crippen molar-refractivity contribution in [2.75, 3.05) is 33.4 Å². The van der Waals surface area contributed by atoms with Gasteiger partial charge in [-0.05, 0) is 39.4 Å². The zero-order valence-corrected chi connectivity index (χ0v) is 18.0. The molecule has 0 bridgehead atoms. The number of carbonyl (C=O) groups excluding carboxylic acids is 1. The third-order valence-electron chi connectivity index (χ3n) is 4.87. The average Bonchev–Trinajstić information content (AvgIpc) is 3.28. The van der Waals surface area contributed by atoms with E-state index < -0.39 is 0 Å². The molecule has 2 atom stereocenters. The smallest absolute Gasteiger partial charge is 0.228 e. The highest BCUT2D eigenvalue weighted by Crippen LogP contribution is 2.25. The van der Waals surface area contributed by atoms with E-state index in [0.29, 0.717) is 24.3 Å². The number of carbonyl (C=O) groups is 1. The van der Waals surface area contributed by atoms with Gasteiger partial charge in [-0.3, -0.25) is 4.79 Å². The lowest BCUT2D eigenvalue weighted by molar-refractivity contribution is -0.129. The molecule has 5 nitrogen and oxygen atoms in total. The van der Waals surface area contributed by atoms with Gasteiger partial charge in [0.05, 0.1) is 12.1 Å². The summed E-state index contributed by atoms with van der Waals surface area (Å²) >= 11 is 3.39. The van der Waals surface area contributed by atoms with Crippen molar-refractivity contribution in [2.45, 2.75) is 31.2 Å². The van der Waals surface area contributed by atoms with Crippen LogP contribution in [0, 0.1) is 6.92 Å². The van der Waals surface area contributed by atoms with Crippen molar-refractivity contribution in [3.05, 3.63) is 45.9 Å². The molecular formula is C20H27N3O2S2. The summed E-state index contributed by atoms with van der Waals surface area (Å²) in [5.74, 6) is 0.998. The molecule has 1 aliphatic heterocycles. The minimum absolute atomic E-state index is 0.162. The number of thioether (sulfide) groups is 1. The molecule has 1 saturated heterocycles. The topological polar surface area (TPSA) is 45.7 Å². The first-order valence-corrected chi connectivity index (χ1v) is 11.2. The van der Waals surface area contributed by atoms with Gasteiger partial charge in [0.25, 0.3) is 0 Å². The molecule has 7 heteroatoms. The molecule has 0 N–H and O–H groups in total. The lowest BCUT2D eigenvalue weighted by Crippen LogP contribution is -2.37.